The topological polar surface area (TPSA) is 48.3 Å². The number of rotatable bonds is 6. The molecule has 4 nitrogen and oxygen atoms in total. The van der Waals surface area contributed by atoms with Crippen LogP contribution in [-0.4, -0.2) is 17.6 Å². The fourth-order valence-electron chi connectivity index (χ4n) is 3.21. The van der Waals surface area contributed by atoms with Crippen LogP contribution in [0.4, 0.5) is 17.6 Å². The van der Waals surface area contributed by atoms with Gasteiger partial charge in [0.15, 0.2) is 0 Å². The summed E-state index contributed by atoms with van der Waals surface area (Å²) in [6.07, 6.45) is -1.82. The second-order valence-electron chi connectivity index (χ2n) is 7.19. The highest BCUT2D eigenvalue weighted by Gasteiger charge is 2.34. The van der Waals surface area contributed by atoms with E-state index in [1.54, 1.807) is 24.3 Å². The highest BCUT2D eigenvalue weighted by molar-refractivity contribution is 6.35. The van der Waals surface area contributed by atoms with E-state index in [2.05, 4.69) is 4.74 Å². The summed E-state index contributed by atoms with van der Waals surface area (Å²) in [5.74, 6) is -1.87. The number of aryl methyl sites for hydroxylation is 1. The minimum absolute atomic E-state index is 0.0668. The Hall–Kier alpha value is -3.10. The third-order valence-corrected chi connectivity index (χ3v) is 5.54. The number of esters is 1. The number of hydrogen-bond donors (Lipinski definition) is 0. The maximum absolute atomic E-state index is 13.6. The maximum Gasteiger partial charge on any atom is 0.419 e. The third-order valence-electron chi connectivity index (χ3n) is 4.97. The molecule has 0 aliphatic heterocycles. The first kappa shape index (κ1) is 25.5. The van der Waals surface area contributed by atoms with E-state index in [9.17, 15) is 27.2 Å². The van der Waals surface area contributed by atoms with Gasteiger partial charge in [-0.3, -0.25) is 4.79 Å². The lowest BCUT2D eigenvalue weighted by Crippen LogP contribution is -2.24. The Kier molecular flexibility index (Phi) is 7.84. The molecule has 34 heavy (non-hydrogen) atoms. The molecule has 0 fully saturated rings. The van der Waals surface area contributed by atoms with Crippen molar-refractivity contribution in [2.24, 2.45) is 0 Å². The summed E-state index contributed by atoms with van der Waals surface area (Å²) in [7, 11) is 1.27. The molecule has 0 aliphatic carbocycles. The van der Waals surface area contributed by atoms with Gasteiger partial charge < -0.3 is 9.30 Å². The minimum atomic E-state index is -4.85. The molecular weight excluding hydrogens is 497 g/mol. The van der Waals surface area contributed by atoms with Gasteiger partial charge in [0.25, 0.3) is 5.56 Å². The van der Waals surface area contributed by atoms with Crippen molar-refractivity contribution in [3.63, 3.8) is 0 Å². The van der Waals surface area contributed by atoms with E-state index in [1.807, 2.05) is 0 Å². The standard InChI is InChI=1S/C24H17Cl2F4NO3/c1-34-23(33)16-6-2-14(3-7-16)10-11-31-21(18(25)13-19(26)22(31)32)9-5-15-4-8-20(27)17(12-15)24(28,29)30/h2-9,12-13H,10-11H2,1H3. The van der Waals surface area contributed by atoms with Crippen LogP contribution in [0.15, 0.2) is 53.3 Å². The number of pyridine rings is 1. The first-order valence-corrected chi connectivity index (χ1v) is 10.6. The zero-order valence-corrected chi connectivity index (χ0v) is 19.1. The molecule has 0 spiro atoms. The molecule has 178 valence electrons. The van der Waals surface area contributed by atoms with Gasteiger partial charge in [-0.05, 0) is 54.0 Å². The molecule has 0 bridgehead atoms. The van der Waals surface area contributed by atoms with Crippen LogP contribution < -0.4 is 5.56 Å². The molecule has 2 aromatic carbocycles. The summed E-state index contributed by atoms with van der Waals surface area (Å²) in [4.78, 5) is 24.2. The van der Waals surface area contributed by atoms with Crippen LogP contribution in [0, 0.1) is 5.82 Å². The number of hydrogen-bond acceptors (Lipinski definition) is 3. The van der Waals surface area contributed by atoms with E-state index < -0.39 is 29.1 Å². The molecule has 0 saturated heterocycles. The van der Waals surface area contributed by atoms with E-state index in [4.69, 9.17) is 23.2 Å². The molecule has 0 radical (unpaired) electrons. The van der Waals surface area contributed by atoms with Gasteiger partial charge in [-0.2, -0.15) is 13.2 Å². The van der Waals surface area contributed by atoms with E-state index in [0.29, 0.717) is 18.1 Å². The fourth-order valence-corrected chi connectivity index (χ4v) is 3.75. The van der Waals surface area contributed by atoms with Gasteiger partial charge in [0.2, 0.25) is 0 Å². The Morgan fingerprint density at radius 2 is 1.71 bits per heavy atom. The Balaban J connectivity index is 1.92. The Morgan fingerprint density at radius 3 is 2.32 bits per heavy atom. The van der Waals surface area contributed by atoms with Crippen molar-refractivity contribution in [1.82, 2.24) is 4.57 Å². The molecule has 0 atom stereocenters. The summed E-state index contributed by atoms with van der Waals surface area (Å²) in [5, 5.41) is -0.00984. The Morgan fingerprint density at radius 1 is 1.03 bits per heavy atom. The van der Waals surface area contributed by atoms with Crippen molar-refractivity contribution in [3.8, 4) is 0 Å². The molecule has 10 heteroatoms. The Bertz CT molecular complexity index is 1300. The molecule has 1 heterocycles. The van der Waals surface area contributed by atoms with Crippen LogP contribution in [0.3, 0.4) is 0 Å². The van der Waals surface area contributed by atoms with Gasteiger partial charge in [-0.15, -0.1) is 0 Å². The van der Waals surface area contributed by atoms with Crippen LogP contribution in [0.1, 0.15) is 32.7 Å². The SMILES string of the molecule is COC(=O)c1ccc(CCn2c(C=Cc3ccc(F)c(C(F)(F)F)c3)c(Cl)cc(Cl)c2=O)cc1. The zero-order chi connectivity index (χ0) is 25.0. The molecule has 0 unspecified atom stereocenters. The van der Waals surface area contributed by atoms with Crippen molar-refractivity contribution in [3.05, 3.63) is 103 Å². The van der Waals surface area contributed by atoms with Gasteiger partial charge in [0.05, 0.1) is 29.0 Å². The van der Waals surface area contributed by atoms with Crippen LogP contribution in [0.25, 0.3) is 12.2 Å². The summed E-state index contributed by atoms with van der Waals surface area (Å²) in [6.45, 7) is 0.146. The Labute approximate surface area is 202 Å². The third kappa shape index (κ3) is 5.87. The van der Waals surface area contributed by atoms with Crippen molar-refractivity contribution in [1.29, 1.82) is 0 Å². The number of aromatic nitrogens is 1. The van der Waals surface area contributed by atoms with E-state index in [0.717, 1.165) is 11.6 Å². The van der Waals surface area contributed by atoms with Gasteiger partial charge in [-0.25, -0.2) is 9.18 Å². The van der Waals surface area contributed by atoms with Crippen molar-refractivity contribution in [2.75, 3.05) is 7.11 Å². The van der Waals surface area contributed by atoms with Crippen molar-refractivity contribution < 1.29 is 27.1 Å². The van der Waals surface area contributed by atoms with Gasteiger partial charge in [-0.1, -0.05) is 47.5 Å². The van der Waals surface area contributed by atoms with Crippen LogP contribution >= 0.6 is 23.2 Å². The lowest BCUT2D eigenvalue weighted by atomic mass is 10.1. The van der Waals surface area contributed by atoms with Crippen molar-refractivity contribution >= 4 is 41.3 Å². The largest absolute Gasteiger partial charge is 0.465 e. The number of carbonyl (C=O) groups is 1. The molecular formula is C24H17Cl2F4NO3. The van der Waals surface area contributed by atoms with E-state index >= 15 is 0 Å². The monoisotopic (exact) mass is 513 g/mol. The number of nitrogens with zero attached hydrogens (tertiary/aromatic N) is 1. The van der Waals surface area contributed by atoms with Gasteiger partial charge in [0, 0.05) is 6.54 Å². The average molecular weight is 514 g/mol. The number of ether oxygens (including phenoxy) is 1. The molecule has 3 aromatic rings. The molecule has 0 N–H and O–H groups in total. The smallest absolute Gasteiger partial charge is 0.419 e. The van der Waals surface area contributed by atoms with Crippen molar-refractivity contribution in [2.45, 2.75) is 19.1 Å². The lowest BCUT2D eigenvalue weighted by Gasteiger charge is -2.13. The molecule has 3 rings (SSSR count). The lowest BCUT2D eigenvalue weighted by molar-refractivity contribution is -0.140. The second-order valence-corrected chi connectivity index (χ2v) is 8.01. The summed E-state index contributed by atoms with van der Waals surface area (Å²) >= 11 is 12.3. The molecule has 0 amide bonds. The normalized spacial score (nSPS) is 11.7. The van der Waals surface area contributed by atoms with Crippen LogP contribution in [0.5, 0.6) is 0 Å². The number of benzene rings is 2. The highest BCUT2D eigenvalue weighted by atomic mass is 35.5. The average Bonchev–Trinajstić information content (AvgIpc) is 2.79. The van der Waals surface area contributed by atoms with Gasteiger partial charge in [0.1, 0.15) is 10.8 Å². The first-order chi connectivity index (χ1) is 16.0. The molecule has 1 aromatic heterocycles. The number of alkyl halides is 3. The van der Waals surface area contributed by atoms with Gasteiger partial charge >= 0.3 is 12.1 Å². The number of methoxy groups -OCH3 is 1. The summed E-state index contributed by atoms with van der Waals surface area (Å²) in [5.41, 5.74) is -0.469. The minimum Gasteiger partial charge on any atom is -0.465 e. The predicted molar refractivity (Wildman–Crippen MR) is 123 cm³/mol. The predicted octanol–water partition coefficient (Wildman–Crippen LogP) is 6.51. The zero-order valence-electron chi connectivity index (χ0n) is 17.6. The number of carbonyl (C=O) groups excluding carboxylic acids is 1. The maximum atomic E-state index is 13.6. The van der Waals surface area contributed by atoms with E-state index in [-0.39, 0.29) is 27.8 Å². The molecule has 0 aliphatic rings. The number of halogens is 6. The molecule has 0 saturated carbocycles. The second kappa shape index (κ2) is 10.4. The fraction of sp³-hybridized carbons (Fsp3) is 0.167. The quantitative estimate of drug-likeness (QED) is 0.278. The van der Waals surface area contributed by atoms with Crippen LogP contribution in [-0.2, 0) is 23.9 Å². The first-order valence-electron chi connectivity index (χ1n) is 9.82. The summed E-state index contributed by atoms with van der Waals surface area (Å²) in [6, 6.07) is 10.4. The van der Waals surface area contributed by atoms with Crippen LogP contribution in [0.2, 0.25) is 10.0 Å². The highest BCUT2D eigenvalue weighted by Crippen LogP contribution is 2.32. The van der Waals surface area contributed by atoms with E-state index in [1.165, 1.54) is 36.0 Å². The summed E-state index contributed by atoms with van der Waals surface area (Å²) < 4.78 is 58.5.